The van der Waals surface area contributed by atoms with Crippen LogP contribution in [0, 0.1) is 10.2 Å². The van der Waals surface area contributed by atoms with Gasteiger partial charge in [-0.3, -0.25) is 0 Å². The summed E-state index contributed by atoms with van der Waals surface area (Å²) < 4.78 is 62.0. The van der Waals surface area contributed by atoms with Crippen LogP contribution in [0.4, 0.5) is 5.69 Å². The number of anilines is 1. The normalized spacial score (nSPS) is 16.0. The van der Waals surface area contributed by atoms with Crippen LogP contribution in [0.3, 0.4) is 0 Å². The Kier molecular flexibility index (Phi) is 11.5. The average Bonchev–Trinajstić information content (AvgIpc) is 3.04. The van der Waals surface area contributed by atoms with E-state index >= 15 is 0 Å². The Bertz CT molecular complexity index is 2130. The largest absolute Gasteiger partial charge is 0.460 e. The van der Waals surface area contributed by atoms with E-state index in [9.17, 15) is 9.59 Å². The second kappa shape index (κ2) is 15.4. The number of esters is 2. The molecule has 0 fully saturated rings. The highest BCUT2D eigenvalue weighted by molar-refractivity contribution is 6.02. The van der Waals surface area contributed by atoms with Crippen molar-refractivity contribution in [1.82, 2.24) is 0 Å². The van der Waals surface area contributed by atoms with Crippen molar-refractivity contribution in [3.63, 3.8) is 0 Å². The number of carbonyl (C=O) groups is 2. The highest BCUT2D eigenvalue weighted by Crippen LogP contribution is 2.44. The highest BCUT2D eigenvalue weighted by atomic mass is 35.7. The minimum Gasteiger partial charge on any atom is -0.460 e. The Morgan fingerprint density at radius 2 is 1.38 bits per heavy atom. The lowest BCUT2D eigenvalue weighted by Gasteiger charge is -2.33. The van der Waals surface area contributed by atoms with Crippen molar-refractivity contribution < 1.29 is 67.1 Å². The van der Waals surface area contributed by atoms with Gasteiger partial charge in [0.05, 0.1) is 35.9 Å². The van der Waals surface area contributed by atoms with Gasteiger partial charge >= 0.3 is 11.9 Å². The molecule has 0 atom stereocenters. The van der Waals surface area contributed by atoms with Gasteiger partial charge in [-0.25, -0.2) is 33.2 Å². The number of hydrogen-bond acceptors (Lipinski definition) is 12. The molecule has 0 aromatic heterocycles. The van der Waals surface area contributed by atoms with Crippen molar-refractivity contribution in [3.8, 4) is 11.5 Å². The third-order valence-corrected chi connectivity index (χ3v) is 8.70. The molecule has 53 heavy (non-hydrogen) atoms. The summed E-state index contributed by atoms with van der Waals surface area (Å²) in [6.07, 6.45) is 4.40. The first kappa shape index (κ1) is 39.6. The van der Waals surface area contributed by atoms with E-state index < -0.39 is 22.2 Å². The minimum absolute atomic E-state index is 0.0824. The van der Waals surface area contributed by atoms with E-state index in [0.717, 1.165) is 49.7 Å². The molecule has 2 N–H and O–H groups in total. The van der Waals surface area contributed by atoms with Crippen LogP contribution in [-0.4, -0.2) is 63.7 Å². The predicted molar refractivity (Wildman–Crippen MR) is 184 cm³/mol. The number of benzene rings is 3. The topological polar surface area (TPSA) is 199 Å². The Morgan fingerprint density at radius 1 is 0.755 bits per heavy atom. The van der Waals surface area contributed by atoms with E-state index in [0.29, 0.717) is 28.2 Å². The van der Waals surface area contributed by atoms with Crippen LogP contribution in [0.2, 0.25) is 0 Å². The number of fused-ring (bicyclic) bond motifs is 4. The predicted octanol–water partition coefficient (Wildman–Crippen LogP) is -0.607. The Balaban J connectivity index is 0.00000101. The molecule has 13 nitrogen and oxygen atoms in total. The van der Waals surface area contributed by atoms with Crippen molar-refractivity contribution in [1.29, 1.82) is 0 Å². The van der Waals surface area contributed by atoms with Crippen LogP contribution in [0.1, 0.15) is 84.5 Å². The standard InChI is InChI=1S/C39H42N2O7.ClHO4/c1-22-20-38(3,4)40-31-18-33-29(16-26(22)31)35(30-17-27-23(2)21-39(5,6)41-32(27)19-34(30)48-33)28-15-24(36(42)46-13-11-44-7)9-10-25(28)37(43)47-14-12-45-8;2-1(3,4)5/h9-10,15-21,40H,11-14H2,1-8H3;(H,2,3,4,5). The maximum absolute atomic E-state index is 13.7. The zero-order valence-electron chi connectivity index (χ0n) is 30.9. The van der Waals surface area contributed by atoms with E-state index in [-0.39, 0.29) is 37.5 Å². The van der Waals surface area contributed by atoms with Gasteiger partial charge in [0.15, 0.2) is 5.54 Å². The molecule has 0 unspecified atom stereocenters. The fourth-order valence-electron chi connectivity index (χ4n) is 6.79. The van der Waals surface area contributed by atoms with Gasteiger partial charge in [0.1, 0.15) is 24.7 Å². The minimum atomic E-state index is -4.94. The second-order valence-electron chi connectivity index (χ2n) is 14.0. The van der Waals surface area contributed by atoms with Crippen molar-refractivity contribution in [2.75, 3.05) is 46.0 Å². The van der Waals surface area contributed by atoms with Gasteiger partial charge in [0.25, 0.3) is 0 Å². The number of halogens is 1. The number of methoxy groups -OCH3 is 2. The van der Waals surface area contributed by atoms with E-state index in [1.165, 1.54) is 0 Å². The molecule has 3 heterocycles. The molecular formula is C39H43ClN2O11. The maximum Gasteiger partial charge on any atom is 0.338 e. The first-order valence-corrected chi connectivity index (χ1v) is 18.0. The molecular weight excluding hydrogens is 708 g/mol. The van der Waals surface area contributed by atoms with Gasteiger partial charge < -0.3 is 29.0 Å². The van der Waals surface area contributed by atoms with Crippen LogP contribution >= 0.6 is 0 Å². The summed E-state index contributed by atoms with van der Waals surface area (Å²) in [6.45, 7) is 13.4. The summed E-state index contributed by atoms with van der Waals surface area (Å²) in [5.74, 6) is 0.206. The monoisotopic (exact) mass is 750 g/mol. The molecule has 0 radical (unpaired) electrons. The lowest BCUT2D eigenvalue weighted by atomic mass is 9.84. The fraction of sp³-hybridized carbons (Fsp3) is 0.359. The zero-order valence-corrected chi connectivity index (χ0v) is 31.6. The number of rotatable bonds is 9. The van der Waals surface area contributed by atoms with Crippen LogP contribution < -0.4 is 44.3 Å². The Morgan fingerprint density at radius 3 is 2.02 bits per heavy atom. The summed E-state index contributed by atoms with van der Waals surface area (Å²) in [6, 6.07) is 13.2. The Hall–Kier alpha value is -4.60. The smallest absolute Gasteiger partial charge is 0.338 e. The third kappa shape index (κ3) is 9.32. The van der Waals surface area contributed by atoms with Gasteiger partial charge in [0, 0.05) is 67.3 Å². The molecule has 3 aliphatic heterocycles. The number of hydrogen-bond donors (Lipinski definition) is 2. The molecule has 0 bridgehead atoms. The summed E-state index contributed by atoms with van der Waals surface area (Å²) >= 11 is 0. The molecule has 3 aromatic carbocycles. The molecule has 0 saturated heterocycles. The quantitative estimate of drug-likeness (QED) is 0.163. The van der Waals surface area contributed by atoms with Crippen LogP contribution in [0.15, 0.2) is 54.6 Å². The lowest BCUT2D eigenvalue weighted by molar-refractivity contribution is -2.00. The van der Waals surface area contributed by atoms with Gasteiger partial charge in [-0.2, -0.15) is 0 Å². The van der Waals surface area contributed by atoms with Crippen molar-refractivity contribution in [2.24, 2.45) is 0 Å². The van der Waals surface area contributed by atoms with Crippen LogP contribution in [0.25, 0.3) is 16.7 Å². The van der Waals surface area contributed by atoms with Crippen molar-refractivity contribution in [3.05, 3.63) is 98.6 Å². The van der Waals surface area contributed by atoms with E-state index in [2.05, 4.69) is 76.1 Å². The first-order chi connectivity index (χ1) is 24.8. The molecule has 3 aliphatic rings. The summed E-state index contributed by atoms with van der Waals surface area (Å²) in [5, 5.41) is 5.37. The number of nitrogens with one attached hydrogen (secondary N) is 2. The SMILES string of the molecule is COCCOC(=O)c1ccc(C(=O)OCCOC)c(C2=c3cc4c(cc3Oc3cc5c(cc32)C(C)=CC(C)(C)N5)=[NH+]C(C)(C)C=C4C)c1.[O-][Cl+3]([O-])([O-])[O-]. The Labute approximate surface area is 309 Å². The van der Waals surface area contributed by atoms with Crippen molar-refractivity contribution in [2.45, 2.75) is 52.6 Å². The van der Waals surface area contributed by atoms with Crippen LogP contribution in [-0.2, 0) is 18.9 Å². The third-order valence-electron chi connectivity index (χ3n) is 8.70. The van der Waals surface area contributed by atoms with E-state index in [4.69, 9.17) is 42.3 Å². The lowest BCUT2D eigenvalue weighted by Crippen LogP contribution is -2.89. The highest BCUT2D eigenvalue weighted by Gasteiger charge is 2.32. The molecule has 0 saturated carbocycles. The van der Waals surface area contributed by atoms with E-state index in [1.807, 2.05) is 12.1 Å². The molecule has 282 valence electrons. The summed E-state index contributed by atoms with van der Waals surface area (Å²) in [5.41, 5.74) is 7.40. The molecule has 0 aliphatic carbocycles. The molecule has 14 heteroatoms. The first-order valence-electron chi connectivity index (χ1n) is 16.8. The number of carbonyl (C=O) groups excluding carboxylic acids is 2. The van der Waals surface area contributed by atoms with Gasteiger partial charge in [0.2, 0.25) is 5.36 Å². The number of ether oxygens (including phenoxy) is 5. The zero-order chi connectivity index (χ0) is 38.9. The summed E-state index contributed by atoms with van der Waals surface area (Å²) in [4.78, 5) is 30.6. The van der Waals surface area contributed by atoms with Crippen LogP contribution in [0.5, 0.6) is 11.5 Å². The van der Waals surface area contributed by atoms with Gasteiger partial charge in [-0.15, -0.1) is 10.2 Å². The molecule has 6 rings (SSSR count). The molecule has 0 spiro atoms. The summed E-state index contributed by atoms with van der Waals surface area (Å²) in [7, 11) is -1.85. The fourth-order valence-corrected chi connectivity index (χ4v) is 6.79. The maximum atomic E-state index is 13.7. The average molecular weight is 751 g/mol. The molecule has 3 aromatic rings. The van der Waals surface area contributed by atoms with Crippen molar-refractivity contribution >= 4 is 34.3 Å². The van der Waals surface area contributed by atoms with Gasteiger partial charge in [-0.05, 0) is 80.8 Å². The molecule has 0 amide bonds. The number of allylic oxidation sites excluding steroid dienone is 2. The second-order valence-corrected chi connectivity index (χ2v) is 14.8. The van der Waals surface area contributed by atoms with Gasteiger partial charge in [-0.1, -0.05) is 6.08 Å². The van der Waals surface area contributed by atoms with E-state index in [1.54, 1.807) is 32.4 Å².